The number of fused-ring (bicyclic) bond motifs is 2. The highest BCUT2D eigenvalue weighted by atomic mass is 35.5. The van der Waals surface area contributed by atoms with Crippen molar-refractivity contribution in [1.29, 1.82) is 0 Å². The molecule has 0 aromatic rings. The molecule has 1 amide bonds. The normalized spacial score (nSPS) is 32.4. The lowest BCUT2D eigenvalue weighted by molar-refractivity contribution is -0.127. The van der Waals surface area contributed by atoms with E-state index in [9.17, 15) is 4.79 Å². The molecule has 3 N–H and O–H groups in total. The molecule has 2 aliphatic carbocycles. The summed E-state index contributed by atoms with van der Waals surface area (Å²) in [5, 5.41) is 3.01. The Balaban J connectivity index is 0.00000180. The Morgan fingerprint density at radius 3 is 2.63 bits per heavy atom. The minimum Gasteiger partial charge on any atom is -0.379 e. The molecule has 0 heterocycles. The molecule has 0 aromatic carbocycles. The number of nitrogens with one attached hydrogen (secondary N) is 1. The van der Waals surface area contributed by atoms with Gasteiger partial charge in [0, 0.05) is 19.2 Å². The third-order valence-corrected chi connectivity index (χ3v) is 4.35. The third-order valence-electron chi connectivity index (χ3n) is 4.35. The first kappa shape index (κ1) is 16.7. The first-order valence-electron chi connectivity index (χ1n) is 7.24. The van der Waals surface area contributed by atoms with E-state index in [-0.39, 0.29) is 36.4 Å². The number of nitrogens with two attached hydrogens (primary N) is 1. The van der Waals surface area contributed by atoms with Crippen molar-refractivity contribution in [3.8, 4) is 0 Å². The van der Waals surface area contributed by atoms with Crippen LogP contribution in [-0.4, -0.2) is 31.2 Å². The van der Waals surface area contributed by atoms with E-state index in [1.165, 1.54) is 12.8 Å². The van der Waals surface area contributed by atoms with Gasteiger partial charge in [-0.15, -0.1) is 12.4 Å². The predicted molar refractivity (Wildman–Crippen MR) is 78.3 cm³/mol. The zero-order valence-corrected chi connectivity index (χ0v) is 12.7. The molecule has 4 nitrogen and oxygen atoms in total. The van der Waals surface area contributed by atoms with Crippen LogP contribution in [0.15, 0.2) is 0 Å². The first-order chi connectivity index (χ1) is 8.59. The zero-order valence-electron chi connectivity index (χ0n) is 11.9. The Labute approximate surface area is 122 Å². The van der Waals surface area contributed by atoms with E-state index in [1.54, 1.807) is 0 Å². The van der Waals surface area contributed by atoms with Gasteiger partial charge in [0.15, 0.2) is 0 Å². The number of hydrogen-bond acceptors (Lipinski definition) is 3. The molecule has 5 heteroatoms. The molecule has 112 valence electrons. The molecule has 0 aliphatic heterocycles. The second-order valence-corrected chi connectivity index (χ2v) is 6.00. The van der Waals surface area contributed by atoms with Crippen LogP contribution in [0.4, 0.5) is 0 Å². The number of ether oxygens (including phenoxy) is 1. The highest BCUT2D eigenvalue weighted by Gasteiger charge is 2.48. The van der Waals surface area contributed by atoms with Crippen molar-refractivity contribution in [2.45, 2.75) is 51.7 Å². The Morgan fingerprint density at radius 1 is 1.37 bits per heavy atom. The molecule has 0 spiro atoms. The van der Waals surface area contributed by atoms with Gasteiger partial charge in [-0.2, -0.15) is 0 Å². The highest BCUT2D eigenvalue weighted by Crippen LogP contribution is 2.47. The standard InChI is InChI=1S/C14H26N2O2.ClH/c1-9(2)18-7-3-6-16-14(17)12-10-4-5-11(8-10)13(12)15;/h9-13H,3-8,15H2,1-2H3,(H,16,17);1H. The van der Waals surface area contributed by atoms with Crippen molar-refractivity contribution in [1.82, 2.24) is 5.32 Å². The van der Waals surface area contributed by atoms with Crippen LogP contribution in [0.25, 0.3) is 0 Å². The number of halogens is 1. The molecule has 2 rings (SSSR count). The molecule has 0 saturated heterocycles. The Bertz CT molecular complexity index is 297. The zero-order chi connectivity index (χ0) is 13.1. The van der Waals surface area contributed by atoms with Gasteiger partial charge in [0.25, 0.3) is 0 Å². The van der Waals surface area contributed by atoms with Gasteiger partial charge in [0.05, 0.1) is 12.0 Å². The fraction of sp³-hybridized carbons (Fsp3) is 0.929. The van der Waals surface area contributed by atoms with Crippen molar-refractivity contribution in [2.75, 3.05) is 13.2 Å². The SMILES string of the molecule is CC(C)OCCCNC(=O)C1C2CCC(C2)C1N.Cl. The summed E-state index contributed by atoms with van der Waals surface area (Å²) in [6.45, 7) is 5.45. The van der Waals surface area contributed by atoms with E-state index < -0.39 is 0 Å². The largest absolute Gasteiger partial charge is 0.379 e. The summed E-state index contributed by atoms with van der Waals surface area (Å²) in [5.41, 5.74) is 6.15. The molecule has 4 atom stereocenters. The van der Waals surface area contributed by atoms with Gasteiger partial charge < -0.3 is 15.8 Å². The Kier molecular flexibility index (Phi) is 6.57. The quantitative estimate of drug-likeness (QED) is 0.732. The van der Waals surface area contributed by atoms with Crippen LogP contribution in [0.1, 0.15) is 39.5 Å². The fourth-order valence-electron chi connectivity index (χ4n) is 3.45. The summed E-state index contributed by atoms with van der Waals surface area (Å²) in [4.78, 5) is 12.1. The van der Waals surface area contributed by atoms with Crippen molar-refractivity contribution in [3.05, 3.63) is 0 Å². The minimum atomic E-state index is 0. The van der Waals surface area contributed by atoms with E-state index in [1.807, 2.05) is 13.8 Å². The molecule has 0 aromatic heterocycles. The smallest absolute Gasteiger partial charge is 0.224 e. The van der Waals surface area contributed by atoms with E-state index in [2.05, 4.69) is 5.32 Å². The maximum atomic E-state index is 12.1. The van der Waals surface area contributed by atoms with E-state index in [4.69, 9.17) is 10.5 Å². The average Bonchev–Trinajstić information content (AvgIpc) is 2.88. The van der Waals surface area contributed by atoms with E-state index in [0.29, 0.717) is 25.0 Å². The highest BCUT2D eigenvalue weighted by molar-refractivity contribution is 5.85. The van der Waals surface area contributed by atoms with Crippen molar-refractivity contribution in [3.63, 3.8) is 0 Å². The van der Waals surface area contributed by atoms with Gasteiger partial charge in [-0.05, 0) is 51.4 Å². The van der Waals surface area contributed by atoms with Gasteiger partial charge >= 0.3 is 0 Å². The summed E-state index contributed by atoms with van der Waals surface area (Å²) < 4.78 is 5.44. The molecule has 4 unspecified atom stereocenters. The van der Waals surface area contributed by atoms with Crippen molar-refractivity contribution >= 4 is 18.3 Å². The summed E-state index contributed by atoms with van der Waals surface area (Å²) in [7, 11) is 0. The van der Waals surface area contributed by atoms with Crippen molar-refractivity contribution < 1.29 is 9.53 Å². The van der Waals surface area contributed by atoms with Crippen LogP contribution in [-0.2, 0) is 9.53 Å². The lowest BCUT2D eigenvalue weighted by Gasteiger charge is -2.27. The van der Waals surface area contributed by atoms with Gasteiger partial charge in [-0.25, -0.2) is 0 Å². The number of carbonyl (C=O) groups is 1. The summed E-state index contributed by atoms with van der Waals surface area (Å²) in [5.74, 6) is 1.36. The second kappa shape index (κ2) is 7.46. The lowest BCUT2D eigenvalue weighted by atomic mass is 9.84. The van der Waals surface area contributed by atoms with Crippen LogP contribution in [0.3, 0.4) is 0 Å². The fourth-order valence-corrected chi connectivity index (χ4v) is 3.45. The Hall–Kier alpha value is -0.320. The van der Waals surface area contributed by atoms with Crippen molar-refractivity contribution in [2.24, 2.45) is 23.5 Å². The number of rotatable bonds is 6. The topological polar surface area (TPSA) is 64.3 Å². The molecular formula is C14H27ClN2O2. The summed E-state index contributed by atoms with van der Waals surface area (Å²) in [6.07, 6.45) is 4.71. The monoisotopic (exact) mass is 290 g/mol. The van der Waals surface area contributed by atoms with Gasteiger partial charge in [0.2, 0.25) is 5.91 Å². The molecule has 0 radical (unpaired) electrons. The number of hydrogen-bond donors (Lipinski definition) is 2. The molecule has 2 aliphatic rings. The molecular weight excluding hydrogens is 264 g/mol. The van der Waals surface area contributed by atoms with Crippen LogP contribution >= 0.6 is 12.4 Å². The van der Waals surface area contributed by atoms with Gasteiger partial charge in [0.1, 0.15) is 0 Å². The second-order valence-electron chi connectivity index (χ2n) is 6.00. The predicted octanol–water partition coefficient (Wildman–Crippen LogP) is 1.71. The maximum absolute atomic E-state index is 12.1. The maximum Gasteiger partial charge on any atom is 0.224 e. The number of carbonyl (C=O) groups excluding carboxylic acids is 1. The minimum absolute atomic E-state index is 0. The van der Waals surface area contributed by atoms with Crippen LogP contribution < -0.4 is 11.1 Å². The first-order valence-corrected chi connectivity index (χ1v) is 7.24. The van der Waals surface area contributed by atoms with E-state index in [0.717, 1.165) is 12.8 Å². The average molecular weight is 291 g/mol. The summed E-state index contributed by atoms with van der Waals surface area (Å²) in [6, 6.07) is 0.0932. The summed E-state index contributed by atoms with van der Waals surface area (Å²) >= 11 is 0. The van der Waals surface area contributed by atoms with E-state index >= 15 is 0 Å². The molecule has 2 bridgehead atoms. The number of amides is 1. The van der Waals surface area contributed by atoms with Crippen LogP contribution in [0, 0.1) is 17.8 Å². The molecule has 2 saturated carbocycles. The van der Waals surface area contributed by atoms with Crippen LogP contribution in [0.2, 0.25) is 0 Å². The van der Waals surface area contributed by atoms with Crippen LogP contribution in [0.5, 0.6) is 0 Å². The van der Waals surface area contributed by atoms with Gasteiger partial charge in [-0.3, -0.25) is 4.79 Å². The lowest BCUT2D eigenvalue weighted by Crippen LogP contribution is -2.45. The van der Waals surface area contributed by atoms with Gasteiger partial charge in [-0.1, -0.05) is 0 Å². The third kappa shape index (κ3) is 4.07. The Morgan fingerprint density at radius 2 is 2.05 bits per heavy atom. The molecule has 2 fully saturated rings. The molecule has 19 heavy (non-hydrogen) atoms.